The molecule has 0 spiro atoms. The monoisotopic (exact) mass is 264 g/mol. The number of rotatable bonds is 0. The SMILES string of the molecule is C=C1C(=O)OC2C1CCC1(C)C(O)CCC(=C)C21O. The Morgan fingerprint density at radius 2 is 2.05 bits per heavy atom. The molecule has 1 heterocycles. The molecule has 19 heavy (non-hydrogen) atoms. The number of esters is 1. The minimum Gasteiger partial charge on any atom is -0.455 e. The van der Waals surface area contributed by atoms with Crippen LogP contribution in [0.2, 0.25) is 0 Å². The molecule has 3 fully saturated rings. The number of aliphatic hydroxyl groups excluding tert-OH is 1. The fourth-order valence-corrected chi connectivity index (χ4v) is 4.13. The molecule has 4 nitrogen and oxygen atoms in total. The topological polar surface area (TPSA) is 66.8 Å². The number of hydrogen-bond donors (Lipinski definition) is 2. The highest BCUT2D eigenvalue weighted by Crippen LogP contribution is 2.59. The molecule has 0 amide bonds. The van der Waals surface area contributed by atoms with Gasteiger partial charge in [-0.15, -0.1) is 0 Å². The van der Waals surface area contributed by atoms with Crippen LogP contribution in [-0.2, 0) is 9.53 Å². The van der Waals surface area contributed by atoms with Gasteiger partial charge in [0.2, 0.25) is 0 Å². The first kappa shape index (κ1) is 12.9. The molecule has 5 atom stereocenters. The van der Waals surface area contributed by atoms with Crippen molar-refractivity contribution in [1.82, 2.24) is 0 Å². The summed E-state index contributed by atoms with van der Waals surface area (Å²) in [5.74, 6) is -0.590. The Morgan fingerprint density at radius 3 is 2.74 bits per heavy atom. The Morgan fingerprint density at radius 1 is 1.37 bits per heavy atom. The zero-order chi connectivity index (χ0) is 14.0. The van der Waals surface area contributed by atoms with E-state index in [-0.39, 0.29) is 5.92 Å². The Balaban J connectivity index is 2.10. The van der Waals surface area contributed by atoms with Gasteiger partial charge in [-0.2, -0.15) is 0 Å². The lowest BCUT2D eigenvalue weighted by atomic mass is 9.51. The van der Waals surface area contributed by atoms with Gasteiger partial charge in [0.05, 0.1) is 6.10 Å². The van der Waals surface area contributed by atoms with Crippen molar-refractivity contribution < 1.29 is 19.7 Å². The van der Waals surface area contributed by atoms with Crippen molar-refractivity contribution in [2.75, 3.05) is 0 Å². The number of carbonyl (C=O) groups is 1. The highest BCUT2D eigenvalue weighted by molar-refractivity contribution is 5.91. The molecule has 2 saturated carbocycles. The van der Waals surface area contributed by atoms with Crippen molar-refractivity contribution in [2.24, 2.45) is 11.3 Å². The zero-order valence-corrected chi connectivity index (χ0v) is 11.2. The maximum absolute atomic E-state index is 11.7. The summed E-state index contributed by atoms with van der Waals surface area (Å²) in [7, 11) is 0. The van der Waals surface area contributed by atoms with Crippen LogP contribution in [0.3, 0.4) is 0 Å². The van der Waals surface area contributed by atoms with Crippen LogP contribution in [0, 0.1) is 11.3 Å². The third kappa shape index (κ3) is 1.33. The van der Waals surface area contributed by atoms with E-state index in [1.165, 1.54) is 0 Å². The average molecular weight is 264 g/mol. The predicted molar refractivity (Wildman–Crippen MR) is 69.2 cm³/mol. The predicted octanol–water partition coefficient (Wildman–Crippen LogP) is 1.33. The van der Waals surface area contributed by atoms with E-state index in [9.17, 15) is 15.0 Å². The largest absolute Gasteiger partial charge is 0.455 e. The van der Waals surface area contributed by atoms with Gasteiger partial charge < -0.3 is 14.9 Å². The summed E-state index contributed by atoms with van der Waals surface area (Å²) in [6.07, 6.45) is 1.26. The fraction of sp³-hybridized carbons (Fsp3) is 0.667. The highest BCUT2D eigenvalue weighted by Gasteiger charge is 2.67. The van der Waals surface area contributed by atoms with E-state index in [4.69, 9.17) is 4.74 Å². The molecule has 0 aromatic carbocycles. The minimum absolute atomic E-state index is 0.160. The van der Waals surface area contributed by atoms with E-state index in [2.05, 4.69) is 13.2 Å². The summed E-state index contributed by atoms with van der Waals surface area (Å²) < 4.78 is 5.37. The minimum atomic E-state index is -1.34. The van der Waals surface area contributed by atoms with Gasteiger partial charge in [0.1, 0.15) is 11.7 Å². The Kier molecular flexibility index (Phi) is 2.51. The molecule has 3 aliphatic rings. The smallest absolute Gasteiger partial charge is 0.334 e. The number of fused-ring (bicyclic) bond motifs is 3. The lowest BCUT2D eigenvalue weighted by molar-refractivity contribution is -0.215. The fourth-order valence-electron chi connectivity index (χ4n) is 4.13. The van der Waals surface area contributed by atoms with Gasteiger partial charge in [-0.25, -0.2) is 4.79 Å². The van der Waals surface area contributed by atoms with Crippen molar-refractivity contribution in [3.05, 3.63) is 24.3 Å². The van der Waals surface area contributed by atoms with Gasteiger partial charge in [-0.1, -0.05) is 20.1 Å². The van der Waals surface area contributed by atoms with Crippen LogP contribution >= 0.6 is 0 Å². The van der Waals surface area contributed by atoms with Crippen molar-refractivity contribution in [1.29, 1.82) is 0 Å². The average Bonchev–Trinajstić information content (AvgIpc) is 2.66. The summed E-state index contributed by atoms with van der Waals surface area (Å²) >= 11 is 0. The second-order valence-corrected chi connectivity index (χ2v) is 6.34. The molecule has 2 aliphatic carbocycles. The van der Waals surface area contributed by atoms with Gasteiger partial charge in [0.15, 0.2) is 0 Å². The maximum atomic E-state index is 11.7. The van der Waals surface area contributed by atoms with Crippen LogP contribution in [0.15, 0.2) is 24.3 Å². The molecular weight excluding hydrogens is 244 g/mol. The van der Waals surface area contributed by atoms with Gasteiger partial charge >= 0.3 is 5.97 Å². The van der Waals surface area contributed by atoms with E-state index in [0.29, 0.717) is 36.8 Å². The molecule has 1 aliphatic heterocycles. The molecule has 1 saturated heterocycles. The zero-order valence-electron chi connectivity index (χ0n) is 11.2. The molecule has 0 bridgehead atoms. The molecule has 3 rings (SSSR count). The van der Waals surface area contributed by atoms with Gasteiger partial charge in [0, 0.05) is 16.9 Å². The maximum Gasteiger partial charge on any atom is 0.334 e. The summed E-state index contributed by atoms with van der Waals surface area (Å²) in [6.45, 7) is 9.62. The van der Waals surface area contributed by atoms with Crippen LogP contribution in [0.25, 0.3) is 0 Å². The number of ether oxygens (including phenoxy) is 1. The molecule has 0 aromatic rings. The second kappa shape index (κ2) is 3.70. The van der Waals surface area contributed by atoms with E-state index in [0.717, 1.165) is 0 Å². The summed E-state index contributed by atoms with van der Waals surface area (Å²) in [5, 5.41) is 21.6. The summed E-state index contributed by atoms with van der Waals surface area (Å²) in [4.78, 5) is 11.7. The van der Waals surface area contributed by atoms with Crippen LogP contribution in [0.1, 0.15) is 32.6 Å². The molecule has 0 aromatic heterocycles. The van der Waals surface area contributed by atoms with Crippen LogP contribution < -0.4 is 0 Å². The van der Waals surface area contributed by atoms with Crippen LogP contribution in [0.5, 0.6) is 0 Å². The van der Waals surface area contributed by atoms with Crippen LogP contribution in [0.4, 0.5) is 0 Å². The molecule has 104 valence electrons. The molecular formula is C15H20O4. The molecule has 4 heteroatoms. The van der Waals surface area contributed by atoms with Gasteiger partial charge in [-0.3, -0.25) is 0 Å². The van der Waals surface area contributed by atoms with Gasteiger partial charge in [0.25, 0.3) is 0 Å². The lowest BCUT2D eigenvalue weighted by Crippen LogP contribution is -2.66. The normalized spacial score (nSPS) is 49.6. The summed E-state index contributed by atoms with van der Waals surface area (Å²) in [6, 6.07) is 0. The quantitative estimate of drug-likeness (QED) is 0.393. The van der Waals surface area contributed by atoms with Crippen molar-refractivity contribution in [2.45, 2.75) is 50.4 Å². The Bertz CT molecular complexity index is 483. The van der Waals surface area contributed by atoms with Crippen molar-refractivity contribution in [3.8, 4) is 0 Å². The standard InChI is InChI=1S/C15H20O4/c1-8-4-5-11(16)14(3)7-6-10-9(2)13(17)19-12(10)15(8,14)18/h10-12,16,18H,1-2,4-7H2,3H3. The first-order chi connectivity index (χ1) is 8.82. The van der Waals surface area contributed by atoms with Crippen molar-refractivity contribution >= 4 is 5.97 Å². The van der Waals surface area contributed by atoms with E-state index >= 15 is 0 Å². The van der Waals surface area contributed by atoms with Crippen molar-refractivity contribution in [3.63, 3.8) is 0 Å². The van der Waals surface area contributed by atoms with E-state index in [1.54, 1.807) is 0 Å². The van der Waals surface area contributed by atoms with E-state index in [1.807, 2.05) is 6.92 Å². The van der Waals surface area contributed by atoms with E-state index < -0.39 is 29.2 Å². The third-order valence-corrected chi connectivity index (χ3v) is 5.56. The molecule has 2 N–H and O–H groups in total. The lowest BCUT2D eigenvalue weighted by Gasteiger charge is -2.58. The number of hydrogen-bond acceptors (Lipinski definition) is 4. The first-order valence-electron chi connectivity index (χ1n) is 6.81. The Labute approximate surface area is 112 Å². The second-order valence-electron chi connectivity index (χ2n) is 6.34. The highest BCUT2D eigenvalue weighted by atomic mass is 16.6. The third-order valence-electron chi connectivity index (χ3n) is 5.56. The van der Waals surface area contributed by atoms with Crippen LogP contribution in [-0.4, -0.2) is 34.0 Å². The Hall–Kier alpha value is -1.13. The molecule has 5 unspecified atom stereocenters. The first-order valence-corrected chi connectivity index (χ1v) is 6.81. The molecule has 0 radical (unpaired) electrons. The summed E-state index contributed by atoms with van der Waals surface area (Å²) in [5.41, 5.74) is -0.942. The van der Waals surface area contributed by atoms with Gasteiger partial charge in [-0.05, 0) is 31.3 Å². The number of carbonyl (C=O) groups excluding carboxylic acids is 1. The number of aliphatic hydroxyl groups is 2.